The summed E-state index contributed by atoms with van der Waals surface area (Å²) in [5, 5.41) is 9.37. The van der Waals surface area contributed by atoms with Crippen LogP contribution in [0.15, 0.2) is 18.5 Å². The Morgan fingerprint density at radius 3 is 2.76 bits per heavy atom. The zero-order valence-electron chi connectivity index (χ0n) is 10.8. The minimum atomic E-state index is 0.0968. The van der Waals surface area contributed by atoms with Crippen molar-refractivity contribution in [1.29, 1.82) is 0 Å². The van der Waals surface area contributed by atoms with Crippen LogP contribution in [-0.4, -0.2) is 23.2 Å². The highest BCUT2D eigenvalue weighted by molar-refractivity contribution is 5.52. The molecule has 0 radical (unpaired) electrons. The molecule has 0 atom stereocenters. The van der Waals surface area contributed by atoms with Gasteiger partial charge in [0.1, 0.15) is 0 Å². The Labute approximate surface area is 103 Å². The number of rotatable bonds is 4. The van der Waals surface area contributed by atoms with E-state index >= 15 is 0 Å². The number of hydrogen-bond donors (Lipinski definition) is 1. The average Bonchev–Trinajstić information content (AvgIpc) is 2.83. The van der Waals surface area contributed by atoms with Crippen molar-refractivity contribution in [2.75, 3.05) is 18.0 Å². The van der Waals surface area contributed by atoms with Crippen molar-refractivity contribution in [2.24, 2.45) is 5.41 Å². The summed E-state index contributed by atoms with van der Waals surface area (Å²) in [6.45, 7) is 6.84. The molecule has 3 nitrogen and oxygen atoms in total. The van der Waals surface area contributed by atoms with Crippen LogP contribution in [0.4, 0.5) is 5.69 Å². The first-order valence-electron chi connectivity index (χ1n) is 6.53. The van der Waals surface area contributed by atoms with Crippen LogP contribution in [0.3, 0.4) is 0 Å². The molecule has 1 aliphatic rings. The highest BCUT2D eigenvalue weighted by Gasteiger charge is 2.35. The molecule has 17 heavy (non-hydrogen) atoms. The molecule has 1 saturated heterocycles. The smallest absolute Gasteiger partial charge is 0.0703 e. The zero-order chi connectivity index (χ0) is 12.3. The van der Waals surface area contributed by atoms with Crippen molar-refractivity contribution in [3.05, 3.63) is 24.0 Å². The van der Waals surface area contributed by atoms with Gasteiger partial charge in [0.25, 0.3) is 0 Å². The fourth-order valence-corrected chi connectivity index (χ4v) is 2.80. The van der Waals surface area contributed by atoms with Gasteiger partial charge in [-0.05, 0) is 30.7 Å². The van der Waals surface area contributed by atoms with Crippen LogP contribution >= 0.6 is 0 Å². The van der Waals surface area contributed by atoms with Gasteiger partial charge in [-0.3, -0.25) is 4.98 Å². The lowest BCUT2D eigenvalue weighted by Gasteiger charge is -2.27. The van der Waals surface area contributed by atoms with Crippen molar-refractivity contribution in [3.8, 4) is 0 Å². The Kier molecular flexibility index (Phi) is 3.67. The number of hydrogen-bond acceptors (Lipinski definition) is 3. The fourth-order valence-electron chi connectivity index (χ4n) is 2.80. The van der Waals surface area contributed by atoms with Crippen molar-refractivity contribution in [3.63, 3.8) is 0 Å². The van der Waals surface area contributed by atoms with Gasteiger partial charge in [-0.1, -0.05) is 13.8 Å². The number of aromatic nitrogens is 1. The molecule has 0 bridgehead atoms. The normalized spacial score (nSPS) is 18.6. The van der Waals surface area contributed by atoms with E-state index in [0.29, 0.717) is 5.41 Å². The Morgan fingerprint density at radius 2 is 2.18 bits per heavy atom. The first kappa shape index (κ1) is 12.4. The van der Waals surface area contributed by atoms with Gasteiger partial charge < -0.3 is 10.0 Å². The summed E-state index contributed by atoms with van der Waals surface area (Å²) in [4.78, 5) is 6.57. The highest BCUT2D eigenvalue weighted by atomic mass is 16.3. The molecule has 1 aromatic heterocycles. The second-order valence-electron chi connectivity index (χ2n) is 5.04. The summed E-state index contributed by atoms with van der Waals surface area (Å²) in [5.74, 6) is 0. The van der Waals surface area contributed by atoms with Crippen LogP contribution in [0.25, 0.3) is 0 Å². The number of aliphatic hydroxyl groups excluding tert-OH is 1. The van der Waals surface area contributed by atoms with Crippen LogP contribution in [0.2, 0.25) is 0 Å². The van der Waals surface area contributed by atoms with Crippen LogP contribution in [0.1, 0.15) is 38.7 Å². The molecule has 0 spiro atoms. The third kappa shape index (κ3) is 2.29. The monoisotopic (exact) mass is 234 g/mol. The third-order valence-electron chi connectivity index (χ3n) is 4.34. The lowest BCUT2D eigenvalue weighted by atomic mass is 9.82. The predicted octanol–water partition coefficient (Wildman–Crippen LogP) is 2.59. The summed E-state index contributed by atoms with van der Waals surface area (Å²) in [6.07, 6.45) is 7.34. The third-order valence-corrected chi connectivity index (χ3v) is 4.34. The second-order valence-corrected chi connectivity index (χ2v) is 5.04. The molecular weight excluding hydrogens is 212 g/mol. The Morgan fingerprint density at radius 1 is 1.41 bits per heavy atom. The molecule has 0 amide bonds. The summed E-state index contributed by atoms with van der Waals surface area (Å²) in [7, 11) is 0. The van der Waals surface area contributed by atoms with Gasteiger partial charge in [-0.25, -0.2) is 0 Å². The second kappa shape index (κ2) is 5.05. The van der Waals surface area contributed by atoms with Gasteiger partial charge in [-0.15, -0.1) is 0 Å². The van der Waals surface area contributed by atoms with Crippen LogP contribution in [0, 0.1) is 5.41 Å². The maximum atomic E-state index is 9.37. The summed E-state index contributed by atoms with van der Waals surface area (Å²) in [6, 6.07) is 1.91. The van der Waals surface area contributed by atoms with E-state index in [1.165, 1.54) is 19.3 Å². The molecule has 1 aliphatic heterocycles. The van der Waals surface area contributed by atoms with E-state index in [9.17, 15) is 5.11 Å². The zero-order valence-corrected chi connectivity index (χ0v) is 10.8. The van der Waals surface area contributed by atoms with E-state index in [2.05, 4.69) is 23.7 Å². The lowest BCUT2D eigenvalue weighted by molar-refractivity contribution is 0.281. The van der Waals surface area contributed by atoms with Gasteiger partial charge >= 0.3 is 0 Å². The van der Waals surface area contributed by atoms with E-state index in [1.54, 1.807) is 6.20 Å². The molecule has 2 heterocycles. The first-order valence-corrected chi connectivity index (χ1v) is 6.53. The SMILES string of the molecule is CCC1(CC)CCN(c2cnccc2CO)C1. The maximum absolute atomic E-state index is 9.37. The summed E-state index contributed by atoms with van der Waals surface area (Å²) < 4.78 is 0. The van der Waals surface area contributed by atoms with E-state index in [-0.39, 0.29) is 6.61 Å². The van der Waals surface area contributed by atoms with Crippen molar-refractivity contribution < 1.29 is 5.11 Å². The highest BCUT2D eigenvalue weighted by Crippen LogP contribution is 2.39. The number of nitrogens with zero attached hydrogens (tertiary/aromatic N) is 2. The largest absolute Gasteiger partial charge is 0.392 e. The number of aliphatic hydroxyl groups is 1. The minimum absolute atomic E-state index is 0.0968. The maximum Gasteiger partial charge on any atom is 0.0703 e. The topological polar surface area (TPSA) is 36.4 Å². The van der Waals surface area contributed by atoms with E-state index in [1.807, 2.05) is 12.3 Å². The first-order chi connectivity index (χ1) is 8.24. The van der Waals surface area contributed by atoms with Gasteiger partial charge in [0.05, 0.1) is 18.5 Å². The summed E-state index contributed by atoms with van der Waals surface area (Å²) >= 11 is 0. The van der Waals surface area contributed by atoms with Gasteiger partial charge in [0.15, 0.2) is 0 Å². The van der Waals surface area contributed by atoms with E-state index < -0.39 is 0 Å². The summed E-state index contributed by atoms with van der Waals surface area (Å²) in [5.41, 5.74) is 2.56. The molecule has 0 unspecified atom stereocenters. The van der Waals surface area contributed by atoms with Crippen molar-refractivity contribution >= 4 is 5.69 Å². The van der Waals surface area contributed by atoms with E-state index in [4.69, 9.17) is 0 Å². The molecule has 1 aromatic rings. The molecular formula is C14H22N2O. The number of pyridine rings is 1. The van der Waals surface area contributed by atoms with Crippen molar-refractivity contribution in [2.45, 2.75) is 39.7 Å². The fraction of sp³-hybridized carbons (Fsp3) is 0.643. The molecule has 0 saturated carbocycles. The van der Waals surface area contributed by atoms with Crippen LogP contribution < -0.4 is 4.90 Å². The van der Waals surface area contributed by atoms with E-state index in [0.717, 1.165) is 24.3 Å². The van der Waals surface area contributed by atoms with Crippen LogP contribution in [-0.2, 0) is 6.61 Å². The molecule has 2 rings (SSSR count). The van der Waals surface area contributed by atoms with Crippen LogP contribution in [0.5, 0.6) is 0 Å². The Hall–Kier alpha value is -1.09. The Balaban J connectivity index is 2.20. The standard InChI is InChI=1S/C14H22N2O/c1-3-14(4-2)6-8-16(11-14)13-9-15-7-5-12(13)10-17/h5,7,9,17H,3-4,6,8,10-11H2,1-2H3. The molecule has 1 fully saturated rings. The molecule has 1 N–H and O–H groups in total. The van der Waals surface area contributed by atoms with Gasteiger partial charge in [0, 0.05) is 24.8 Å². The van der Waals surface area contributed by atoms with Crippen molar-refractivity contribution in [1.82, 2.24) is 4.98 Å². The predicted molar refractivity (Wildman–Crippen MR) is 70.0 cm³/mol. The number of anilines is 1. The lowest BCUT2D eigenvalue weighted by Crippen LogP contribution is -2.26. The molecule has 94 valence electrons. The quantitative estimate of drug-likeness (QED) is 0.870. The average molecular weight is 234 g/mol. The molecule has 0 aromatic carbocycles. The molecule has 3 heteroatoms. The minimum Gasteiger partial charge on any atom is -0.392 e. The molecule has 0 aliphatic carbocycles. The Bertz CT molecular complexity index is 374. The van der Waals surface area contributed by atoms with Gasteiger partial charge in [0.2, 0.25) is 0 Å². The van der Waals surface area contributed by atoms with Gasteiger partial charge in [-0.2, -0.15) is 0 Å².